The molecule has 136 valence electrons. The Kier molecular flexibility index (Phi) is 5.48. The molecule has 3 aliphatic rings. The molecule has 0 radical (unpaired) electrons. The molecule has 0 aromatic carbocycles. The van der Waals surface area contributed by atoms with Crippen LogP contribution in [-0.4, -0.2) is 60.5 Å². The Balaban J connectivity index is 1.58. The summed E-state index contributed by atoms with van der Waals surface area (Å²) in [5, 5.41) is 0. The normalized spacial score (nSPS) is 26.4. The maximum atomic E-state index is 12.9. The fourth-order valence-electron chi connectivity index (χ4n) is 4.39. The number of carbonyl (C=O) groups excluding carboxylic acids is 2. The zero-order chi connectivity index (χ0) is 17.2. The van der Waals surface area contributed by atoms with Gasteiger partial charge in [0, 0.05) is 45.8 Å². The monoisotopic (exact) mass is 336 g/mol. The van der Waals surface area contributed by atoms with Crippen molar-refractivity contribution in [3.63, 3.8) is 0 Å². The van der Waals surface area contributed by atoms with Gasteiger partial charge in [-0.3, -0.25) is 9.59 Å². The molecule has 1 saturated heterocycles. The van der Waals surface area contributed by atoms with Crippen molar-refractivity contribution in [2.75, 3.05) is 26.8 Å². The predicted octanol–water partition coefficient (Wildman–Crippen LogP) is 2.59. The van der Waals surface area contributed by atoms with Crippen LogP contribution in [0.25, 0.3) is 0 Å². The highest BCUT2D eigenvalue weighted by Crippen LogP contribution is 2.50. The molecule has 0 bridgehead atoms. The third-order valence-corrected chi connectivity index (χ3v) is 6.30. The van der Waals surface area contributed by atoms with Gasteiger partial charge in [-0.15, -0.1) is 0 Å². The molecule has 0 N–H and O–H groups in total. The molecule has 1 aliphatic heterocycles. The first-order chi connectivity index (χ1) is 11.6. The van der Waals surface area contributed by atoms with Gasteiger partial charge in [0.15, 0.2) is 0 Å². The Morgan fingerprint density at radius 2 is 1.75 bits per heavy atom. The lowest BCUT2D eigenvalue weighted by Crippen LogP contribution is -2.49. The highest BCUT2D eigenvalue weighted by atomic mass is 16.5. The number of carbonyl (C=O) groups is 2. The molecule has 0 aromatic heterocycles. The molecule has 5 nitrogen and oxygen atoms in total. The van der Waals surface area contributed by atoms with Crippen LogP contribution < -0.4 is 0 Å². The molecule has 0 spiro atoms. The highest BCUT2D eigenvalue weighted by molar-refractivity contribution is 5.85. The molecule has 1 atom stereocenters. The van der Waals surface area contributed by atoms with Crippen LogP contribution in [-0.2, 0) is 14.3 Å². The summed E-state index contributed by atoms with van der Waals surface area (Å²) in [5.41, 5.74) is -0.135. The lowest BCUT2D eigenvalue weighted by Gasteiger charge is -2.42. The fraction of sp³-hybridized carbons (Fsp3) is 0.895. The van der Waals surface area contributed by atoms with Gasteiger partial charge < -0.3 is 14.5 Å². The van der Waals surface area contributed by atoms with Crippen LogP contribution in [0.1, 0.15) is 64.7 Å². The van der Waals surface area contributed by atoms with Gasteiger partial charge in [0.1, 0.15) is 0 Å². The maximum Gasteiger partial charge on any atom is 0.228 e. The van der Waals surface area contributed by atoms with Gasteiger partial charge >= 0.3 is 0 Å². The van der Waals surface area contributed by atoms with Crippen molar-refractivity contribution in [1.29, 1.82) is 0 Å². The quantitative estimate of drug-likeness (QED) is 0.749. The molecule has 2 saturated carbocycles. The van der Waals surface area contributed by atoms with E-state index < -0.39 is 0 Å². The Hall–Kier alpha value is -1.10. The molecular weight excluding hydrogens is 304 g/mol. The number of nitrogens with zero attached hydrogens (tertiary/aromatic N) is 2. The van der Waals surface area contributed by atoms with E-state index in [0.29, 0.717) is 24.6 Å². The average Bonchev–Trinajstić information content (AvgIpc) is 3.32. The Labute approximate surface area is 145 Å². The Bertz CT molecular complexity index is 471. The minimum atomic E-state index is -0.135. The zero-order valence-corrected chi connectivity index (χ0v) is 15.3. The van der Waals surface area contributed by atoms with Crippen molar-refractivity contribution in [2.45, 2.75) is 76.8 Å². The van der Waals surface area contributed by atoms with E-state index in [0.717, 1.165) is 64.5 Å². The molecular formula is C19H32N2O3. The molecule has 3 rings (SSSR count). The van der Waals surface area contributed by atoms with Crippen LogP contribution in [0.4, 0.5) is 0 Å². The predicted molar refractivity (Wildman–Crippen MR) is 92.5 cm³/mol. The number of hydrogen-bond acceptors (Lipinski definition) is 3. The van der Waals surface area contributed by atoms with E-state index in [9.17, 15) is 9.59 Å². The van der Waals surface area contributed by atoms with Gasteiger partial charge in [-0.25, -0.2) is 0 Å². The van der Waals surface area contributed by atoms with Crippen molar-refractivity contribution >= 4 is 11.8 Å². The minimum absolute atomic E-state index is 0.135. The molecule has 0 aromatic rings. The molecule has 0 unspecified atom stereocenters. The van der Waals surface area contributed by atoms with Gasteiger partial charge in [0.2, 0.25) is 11.8 Å². The second-order valence-electron chi connectivity index (χ2n) is 7.91. The van der Waals surface area contributed by atoms with Gasteiger partial charge in [-0.05, 0) is 57.8 Å². The summed E-state index contributed by atoms with van der Waals surface area (Å²) in [5.74, 6) is 0.543. The summed E-state index contributed by atoms with van der Waals surface area (Å²) in [7, 11) is 1.70. The summed E-state index contributed by atoms with van der Waals surface area (Å²) in [4.78, 5) is 29.3. The average molecular weight is 336 g/mol. The van der Waals surface area contributed by atoms with Crippen LogP contribution in [0.3, 0.4) is 0 Å². The van der Waals surface area contributed by atoms with Crippen LogP contribution in [0.2, 0.25) is 0 Å². The number of hydrogen-bond donors (Lipinski definition) is 0. The van der Waals surface area contributed by atoms with Crippen molar-refractivity contribution in [3.8, 4) is 0 Å². The molecule has 3 fully saturated rings. The molecule has 5 heteroatoms. The number of amides is 2. The third kappa shape index (κ3) is 3.61. The van der Waals surface area contributed by atoms with Crippen molar-refractivity contribution in [2.24, 2.45) is 5.41 Å². The van der Waals surface area contributed by atoms with Crippen molar-refractivity contribution in [3.05, 3.63) is 0 Å². The van der Waals surface area contributed by atoms with E-state index in [1.165, 1.54) is 6.42 Å². The standard InChI is InChI=1S/C19H32N2O3/c1-15(22)21(16-5-3-6-16)17-7-4-12-20(13-8-17)18(23)19(9-10-19)11-14-24-2/h16-17H,3-14H2,1-2H3/t17-/m0/s1. The van der Waals surface area contributed by atoms with E-state index in [4.69, 9.17) is 4.74 Å². The lowest BCUT2D eigenvalue weighted by molar-refractivity contribution is -0.137. The first-order valence-electron chi connectivity index (χ1n) is 9.64. The third-order valence-electron chi connectivity index (χ3n) is 6.30. The van der Waals surface area contributed by atoms with Gasteiger partial charge in [-0.2, -0.15) is 0 Å². The summed E-state index contributed by atoms with van der Waals surface area (Å²) >= 11 is 0. The molecule has 24 heavy (non-hydrogen) atoms. The summed E-state index contributed by atoms with van der Waals surface area (Å²) in [6.07, 6.45) is 9.39. The number of likely N-dealkylation sites (tertiary alicyclic amines) is 1. The number of methoxy groups -OCH3 is 1. The van der Waals surface area contributed by atoms with Crippen molar-refractivity contribution < 1.29 is 14.3 Å². The smallest absolute Gasteiger partial charge is 0.228 e. The molecule has 1 heterocycles. The summed E-state index contributed by atoms with van der Waals surface area (Å²) in [6, 6.07) is 0.769. The maximum absolute atomic E-state index is 12.9. The number of ether oxygens (including phenoxy) is 1. The summed E-state index contributed by atoms with van der Waals surface area (Å²) < 4.78 is 5.18. The van der Waals surface area contributed by atoms with Crippen LogP contribution in [0.15, 0.2) is 0 Å². The van der Waals surface area contributed by atoms with Crippen LogP contribution >= 0.6 is 0 Å². The van der Waals surface area contributed by atoms with Crippen LogP contribution in [0.5, 0.6) is 0 Å². The Morgan fingerprint density at radius 3 is 2.29 bits per heavy atom. The zero-order valence-electron chi connectivity index (χ0n) is 15.3. The van der Waals surface area contributed by atoms with E-state index >= 15 is 0 Å². The fourth-order valence-corrected chi connectivity index (χ4v) is 4.39. The lowest BCUT2D eigenvalue weighted by atomic mass is 9.89. The van der Waals surface area contributed by atoms with E-state index in [2.05, 4.69) is 9.80 Å². The second kappa shape index (κ2) is 7.42. The highest BCUT2D eigenvalue weighted by Gasteiger charge is 2.51. The Morgan fingerprint density at radius 1 is 1.08 bits per heavy atom. The first-order valence-corrected chi connectivity index (χ1v) is 9.64. The van der Waals surface area contributed by atoms with Crippen LogP contribution in [0, 0.1) is 5.41 Å². The van der Waals surface area contributed by atoms with E-state index in [-0.39, 0.29) is 11.3 Å². The van der Waals surface area contributed by atoms with E-state index in [1.54, 1.807) is 14.0 Å². The summed E-state index contributed by atoms with van der Waals surface area (Å²) in [6.45, 7) is 4.02. The topological polar surface area (TPSA) is 49.9 Å². The number of rotatable bonds is 6. The van der Waals surface area contributed by atoms with E-state index in [1.807, 2.05) is 0 Å². The van der Waals surface area contributed by atoms with Gasteiger partial charge in [0.05, 0.1) is 5.41 Å². The van der Waals surface area contributed by atoms with Gasteiger partial charge in [0.25, 0.3) is 0 Å². The minimum Gasteiger partial charge on any atom is -0.385 e. The first kappa shape index (κ1) is 17.7. The molecule has 2 aliphatic carbocycles. The largest absolute Gasteiger partial charge is 0.385 e. The molecule has 2 amide bonds. The van der Waals surface area contributed by atoms with Gasteiger partial charge in [-0.1, -0.05) is 0 Å². The van der Waals surface area contributed by atoms with Crippen molar-refractivity contribution in [1.82, 2.24) is 9.80 Å². The second-order valence-corrected chi connectivity index (χ2v) is 7.91. The SMILES string of the molecule is COCCC1(C(=O)N2CCC[C@H](N(C(C)=O)C3CCC3)CC2)CC1.